The van der Waals surface area contributed by atoms with Gasteiger partial charge in [0.25, 0.3) is 5.91 Å². The van der Waals surface area contributed by atoms with Crippen LogP contribution in [0.25, 0.3) is 0 Å². The van der Waals surface area contributed by atoms with Crippen LogP contribution in [0.3, 0.4) is 0 Å². The van der Waals surface area contributed by atoms with E-state index in [0.717, 1.165) is 11.3 Å². The first-order chi connectivity index (χ1) is 33.9. The number of imide groups is 1. The quantitative estimate of drug-likeness (QED) is 0.0253. The first-order valence-corrected chi connectivity index (χ1v) is 27.4. The van der Waals surface area contributed by atoms with Crippen LogP contribution in [0.2, 0.25) is 0 Å². The van der Waals surface area contributed by atoms with Crippen molar-refractivity contribution in [1.82, 2.24) is 30.3 Å². The van der Waals surface area contributed by atoms with E-state index >= 15 is 0 Å². The fraction of sp³-hybridized carbons (Fsp3) is 0.673. The Balaban J connectivity index is 1.86. The molecule has 0 saturated carbocycles. The Hall–Kier alpha value is -4.76. The number of rotatable bonds is 32. The Morgan fingerprint density at radius 2 is 1.72 bits per heavy atom. The lowest BCUT2D eigenvalue weighted by Gasteiger charge is -2.38. The lowest BCUT2D eigenvalue weighted by molar-refractivity contribution is -0.150. The zero-order valence-electron chi connectivity index (χ0n) is 44.6. The highest BCUT2D eigenvalue weighted by Gasteiger charge is 2.40. The van der Waals surface area contributed by atoms with E-state index in [0.29, 0.717) is 49.5 Å². The summed E-state index contributed by atoms with van der Waals surface area (Å²) in [4.78, 5) is 115. The van der Waals surface area contributed by atoms with Crippen molar-refractivity contribution in [2.45, 2.75) is 149 Å². The number of hydrogen-bond acceptors (Lipinski definition) is 16. The number of thioether (sulfide) groups is 1. The number of Topliss-reactive ketones (excluding diaryl/α,β-unsaturated/α-hetero) is 2. The molecule has 2 aromatic rings. The van der Waals surface area contributed by atoms with Crippen molar-refractivity contribution >= 4 is 75.9 Å². The summed E-state index contributed by atoms with van der Waals surface area (Å²) in [5.74, 6) is -3.63. The third-order valence-corrected chi connectivity index (χ3v) is 15.8. The average Bonchev–Trinajstić information content (AvgIpc) is 3.93. The molecule has 6 N–H and O–H groups in total. The number of hydrogen-bond donors (Lipinski definition) is 5. The number of nitrogens with zero attached hydrogens (tertiary/aromatic N) is 4. The van der Waals surface area contributed by atoms with Gasteiger partial charge in [-0.25, -0.2) is 4.98 Å². The smallest absolute Gasteiger partial charge is 0.303 e. The minimum Gasteiger partial charge on any atom is -0.506 e. The fourth-order valence-corrected chi connectivity index (χ4v) is 10.1. The van der Waals surface area contributed by atoms with Gasteiger partial charge in [-0.3, -0.25) is 48.2 Å². The molecule has 18 nitrogen and oxygen atoms in total. The number of aromatic nitrogens is 1. The predicted molar refractivity (Wildman–Crippen MR) is 282 cm³/mol. The highest BCUT2D eigenvalue weighted by Crippen LogP contribution is 2.34. The summed E-state index contributed by atoms with van der Waals surface area (Å²) < 4.78 is 5.86. The van der Waals surface area contributed by atoms with Gasteiger partial charge in [-0.05, 0) is 96.0 Å². The number of nitrogens with one attached hydrogen (secondary N) is 3. The third kappa shape index (κ3) is 18.0. The molecule has 5 amide bonds. The summed E-state index contributed by atoms with van der Waals surface area (Å²) >= 11 is 2.46. The highest BCUT2D eigenvalue weighted by molar-refractivity contribution is 8.00. The molecule has 7 atom stereocenters. The number of amides is 5. The Morgan fingerprint density at radius 1 is 1.03 bits per heavy atom. The van der Waals surface area contributed by atoms with Crippen molar-refractivity contribution in [2.24, 2.45) is 29.4 Å². The molecule has 1 aromatic heterocycles. The van der Waals surface area contributed by atoms with Gasteiger partial charge in [0.2, 0.25) is 23.6 Å². The molecule has 1 aromatic carbocycles. The lowest BCUT2D eigenvalue weighted by Crippen LogP contribution is -2.50. The number of ether oxygens (including phenoxy) is 1. The van der Waals surface area contributed by atoms with Gasteiger partial charge in [-0.2, -0.15) is 11.8 Å². The van der Waals surface area contributed by atoms with Crippen LogP contribution in [-0.4, -0.2) is 148 Å². The molecule has 72 heavy (non-hydrogen) atoms. The molecule has 20 heteroatoms. The zero-order valence-corrected chi connectivity index (χ0v) is 46.3. The van der Waals surface area contributed by atoms with Gasteiger partial charge in [-0.15, -0.1) is 11.3 Å². The number of likely N-dealkylation sites (N-methyl/N-ethyl adjacent to an activating group) is 1. The van der Waals surface area contributed by atoms with Crippen molar-refractivity contribution < 1.29 is 48.2 Å². The summed E-state index contributed by atoms with van der Waals surface area (Å²) in [5, 5.41) is 21.3. The molecular weight excluding hydrogens is 961 g/mol. The van der Waals surface area contributed by atoms with E-state index in [1.54, 1.807) is 35.7 Å². The average molecular weight is 1040 g/mol. The van der Waals surface area contributed by atoms with Crippen molar-refractivity contribution in [3.63, 3.8) is 0 Å². The van der Waals surface area contributed by atoms with Crippen LogP contribution in [0.5, 0.6) is 5.75 Å². The van der Waals surface area contributed by atoms with Gasteiger partial charge >= 0.3 is 5.97 Å². The Labute approximate surface area is 435 Å². The van der Waals surface area contributed by atoms with E-state index in [1.807, 2.05) is 67.5 Å². The number of carbonyl (C=O) groups excluding carboxylic acids is 8. The molecule has 1 aliphatic rings. The first-order valence-electron chi connectivity index (χ1n) is 25.2. The number of ketones is 2. The third-order valence-electron chi connectivity index (χ3n) is 14.0. The largest absolute Gasteiger partial charge is 0.506 e. The van der Waals surface area contributed by atoms with E-state index in [2.05, 4.69) is 20.9 Å². The molecule has 2 unspecified atom stereocenters. The molecule has 3 rings (SSSR count). The Bertz CT molecular complexity index is 2180. The number of phenols is 1. The molecule has 402 valence electrons. The second-order valence-corrected chi connectivity index (χ2v) is 22.1. The summed E-state index contributed by atoms with van der Waals surface area (Å²) in [6.45, 7) is 16.6. The molecule has 0 bridgehead atoms. The van der Waals surface area contributed by atoms with E-state index in [1.165, 1.54) is 29.7 Å². The topological polar surface area (TPSA) is 251 Å². The second kappa shape index (κ2) is 29.2. The minimum atomic E-state index is -0.913. The Morgan fingerprint density at radius 3 is 2.32 bits per heavy atom. The van der Waals surface area contributed by atoms with E-state index in [-0.39, 0.29) is 110 Å². The number of esters is 1. The predicted octanol–water partition coefficient (Wildman–Crippen LogP) is 5.76. The number of likely N-dealkylation sites (tertiary alicyclic amines) is 1. The molecule has 1 aliphatic heterocycles. The number of aromatic hydroxyl groups is 1. The van der Waals surface area contributed by atoms with Gasteiger partial charge < -0.3 is 36.4 Å². The van der Waals surface area contributed by atoms with Gasteiger partial charge in [0.15, 0.2) is 11.9 Å². The summed E-state index contributed by atoms with van der Waals surface area (Å²) in [7, 11) is 5.40. The first kappa shape index (κ1) is 61.5. The lowest BCUT2D eigenvalue weighted by atomic mass is 9.81. The van der Waals surface area contributed by atoms with Crippen molar-refractivity contribution in [3.05, 3.63) is 39.8 Å². The molecule has 1 fully saturated rings. The van der Waals surface area contributed by atoms with E-state index in [4.69, 9.17) is 10.5 Å². The van der Waals surface area contributed by atoms with Gasteiger partial charge in [0, 0.05) is 95.0 Å². The normalized spacial score (nSPS) is 16.5. The van der Waals surface area contributed by atoms with Crippen molar-refractivity contribution in [2.75, 3.05) is 58.9 Å². The highest BCUT2D eigenvalue weighted by atomic mass is 32.2. The Kier molecular flexibility index (Phi) is 25.0. The van der Waals surface area contributed by atoms with Gasteiger partial charge in [-0.1, -0.05) is 47.1 Å². The maximum Gasteiger partial charge on any atom is 0.303 e. The van der Waals surface area contributed by atoms with Crippen LogP contribution >= 0.6 is 23.1 Å². The molecule has 1 saturated heterocycles. The number of anilines is 1. The van der Waals surface area contributed by atoms with Gasteiger partial charge in [0.1, 0.15) is 22.2 Å². The number of thiazole rings is 1. The molecular formula is C52H82N8O10S2. The number of benzene rings is 1. The molecule has 0 aliphatic carbocycles. The van der Waals surface area contributed by atoms with Crippen molar-refractivity contribution in [1.29, 1.82) is 0 Å². The SMILES string of the molecule is CC[C@H](C)[C@H](CC(=O)C(C)(C)N(C)C)C(=O)N(C)[C@H](C[C@@H](OC(C)=O)c1nc(C(=O)N[C@@H](Cc2ccc(O)c(NC(=O)CCCN3C(=O)CC(SC)C3=O)c2)CC(C)C(=O)CCCNCCN)cs1)C(C)C. The summed E-state index contributed by atoms with van der Waals surface area (Å²) in [5.41, 5.74) is 5.65. The molecule has 0 radical (unpaired) electrons. The van der Waals surface area contributed by atoms with Crippen molar-refractivity contribution in [3.8, 4) is 5.75 Å². The van der Waals surface area contributed by atoms with Crippen LogP contribution < -0.4 is 21.7 Å². The monoisotopic (exact) mass is 1040 g/mol. The number of nitrogens with two attached hydrogens (primary N) is 1. The minimum absolute atomic E-state index is 0.0115. The fourth-order valence-electron chi connectivity index (χ4n) is 8.63. The summed E-state index contributed by atoms with van der Waals surface area (Å²) in [6.07, 6.45) is 3.58. The molecule has 2 heterocycles. The maximum atomic E-state index is 14.4. The maximum absolute atomic E-state index is 14.4. The standard InChI is InChI=1S/C52H82N8O10S2/c1-13-32(4)37(27-45(64)52(7,8)58(9)10)50(68)59(11)40(31(2)3)28-43(70-34(6)61)49-57-39(30-72-49)48(67)55-36(24-33(5)41(62)16-14-21-54-22-20-53)25-35-18-19-42(63)38(26-35)56-46(65)17-15-23-60-47(66)29-44(71-12)51(60)69/h18-19,26,30-33,36-37,40,43-44,54,63H,13-17,20-25,27-29,53H2,1-12H3,(H,55,67)(H,56,65)/t32-,33?,36+,37-,40+,43+,44?/m0/s1. The van der Waals surface area contributed by atoms with Crippen LogP contribution in [-0.2, 0) is 44.7 Å². The molecule has 0 spiro atoms. The van der Waals surface area contributed by atoms with Crippen LogP contribution in [0, 0.1) is 23.7 Å². The van der Waals surface area contributed by atoms with Crippen LogP contribution in [0.15, 0.2) is 23.6 Å². The van der Waals surface area contributed by atoms with E-state index in [9.17, 15) is 43.5 Å². The zero-order chi connectivity index (χ0) is 54.0. The van der Waals surface area contributed by atoms with Crippen LogP contribution in [0.4, 0.5) is 5.69 Å². The number of phenolic OH excluding ortho intramolecular Hbond substituents is 1. The summed E-state index contributed by atoms with van der Waals surface area (Å²) in [6, 6.07) is 3.64. The number of carbonyl (C=O) groups is 8. The van der Waals surface area contributed by atoms with Gasteiger partial charge in [0.05, 0.1) is 16.5 Å². The van der Waals surface area contributed by atoms with E-state index < -0.39 is 58.6 Å². The van der Waals surface area contributed by atoms with Crippen LogP contribution in [0.1, 0.15) is 140 Å². The second-order valence-electron chi connectivity index (χ2n) is 20.2.